The second-order valence-corrected chi connectivity index (χ2v) is 8.91. The monoisotopic (exact) mass is 354 g/mol. The summed E-state index contributed by atoms with van der Waals surface area (Å²) in [7, 11) is 0. The first-order valence-corrected chi connectivity index (χ1v) is 9.62. The summed E-state index contributed by atoms with van der Waals surface area (Å²) in [5.41, 5.74) is 0.909. The number of benzene rings is 1. The molecule has 3 rings (SSSR count). The number of likely N-dealkylation sites (tertiary alicyclic amines) is 1. The molecule has 6 heteroatoms. The van der Waals surface area contributed by atoms with Crippen LogP contribution in [0, 0.1) is 5.92 Å². The van der Waals surface area contributed by atoms with E-state index in [2.05, 4.69) is 11.9 Å². The van der Waals surface area contributed by atoms with Gasteiger partial charge in [-0.25, -0.2) is 4.98 Å². The molecule has 1 fully saturated rings. The lowest BCUT2D eigenvalue weighted by Crippen LogP contribution is -2.41. The number of carbonyl (C=O) groups excluding carboxylic acids is 1. The summed E-state index contributed by atoms with van der Waals surface area (Å²) in [6.45, 7) is 6.01. The summed E-state index contributed by atoms with van der Waals surface area (Å²) in [6, 6.07) is 5.73. The minimum Gasteiger partial charge on any atom is -0.342 e. The fourth-order valence-electron chi connectivity index (χ4n) is 2.62. The third-order valence-corrected chi connectivity index (χ3v) is 6.50. The van der Waals surface area contributed by atoms with Crippen LogP contribution in [0.4, 0.5) is 0 Å². The van der Waals surface area contributed by atoms with E-state index in [1.54, 1.807) is 23.1 Å². The van der Waals surface area contributed by atoms with Gasteiger partial charge >= 0.3 is 0 Å². The van der Waals surface area contributed by atoms with Crippen molar-refractivity contribution in [2.24, 2.45) is 5.92 Å². The number of fused-ring (bicyclic) bond motifs is 1. The van der Waals surface area contributed by atoms with Crippen molar-refractivity contribution < 1.29 is 4.79 Å². The van der Waals surface area contributed by atoms with Crippen LogP contribution in [0.25, 0.3) is 10.2 Å². The van der Waals surface area contributed by atoms with E-state index in [0.717, 1.165) is 46.4 Å². The molecule has 0 radical (unpaired) electrons. The van der Waals surface area contributed by atoms with Crippen molar-refractivity contribution in [3.8, 4) is 0 Å². The molecule has 2 aromatic rings. The van der Waals surface area contributed by atoms with Crippen molar-refractivity contribution in [2.75, 3.05) is 13.1 Å². The summed E-state index contributed by atoms with van der Waals surface area (Å²) in [5, 5.41) is 0.602. The minimum atomic E-state index is -0.0931. The van der Waals surface area contributed by atoms with E-state index in [4.69, 9.17) is 11.6 Å². The Morgan fingerprint density at radius 1 is 1.45 bits per heavy atom. The normalized spacial score (nSPS) is 17.9. The third kappa shape index (κ3) is 3.58. The Hall–Kier alpha value is -0.780. The molecule has 0 aliphatic carbocycles. The van der Waals surface area contributed by atoms with E-state index in [9.17, 15) is 4.79 Å². The molecule has 1 amide bonds. The van der Waals surface area contributed by atoms with Crippen LogP contribution in [-0.4, -0.2) is 34.1 Å². The minimum absolute atomic E-state index is 0.0931. The van der Waals surface area contributed by atoms with Crippen molar-refractivity contribution in [3.63, 3.8) is 0 Å². The van der Waals surface area contributed by atoms with Crippen LogP contribution in [0.3, 0.4) is 0 Å². The number of aromatic nitrogens is 1. The Bertz CT molecular complexity index is 680. The second-order valence-electron chi connectivity index (χ2n) is 5.86. The molecule has 118 valence electrons. The van der Waals surface area contributed by atoms with Gasteiger partial charge in [-0.1, -0.05) is 30.3 Å². The molecular formula is C16H19ClN2OS2. The maximum absolute atomic E-state index is 12.5. The molecule has 0 bridgehead atoms. The Labute approximate surface area is 144 Å². The van der Waals surface area contributed by atoms with Crippen LogP contribution in [0.1, 0.15) is 26.7 Å². The van der Waals surface area contributed by atoms with E-state index in [0.29, 0.717) is 5.02 Å². The molecule has 1 saturated heterocycles. The van der Waals surface area contributed by atoms with E-state index in [1.165, 1.54) is 0 Å². The number of nitrogens with zero attached hydrogens (tertiary/aromatic N) is 2. The number of piperidine rings is 1. The van der Waals surface area contributed by atoms with Gasteiger partial charge in [-0.15, -0.1) is 11.3 Å². The Morgan fingerprint density at radius 3 is 2.91 bits per heavy atom. The molecule has 22 heavy (non-hydrogen) atoms. The summed E-state index contributed by atoms with van der Waals surface area (Å²) in [5.74, 6) is 0.968. The molecule has 1 aromatic heterocycles. The van der Waals surface area contributed by atoms with Crippen molar-refractivity contribution >= 4 is 50.8 Å². The largest absolute Gasteiger partial charge is 0.342 e. The average Bonchev–Trinajstić information content (AvgIpc) is 2.88. The van der Waals surface area contributed by atoms with Crippen LogP contribution >= 0.6 is 34.7 Å². The predicted octanol–water partition coefficient (Wildman–Crippen LogP) is 4.69. The SMILES string of the molecule is CC1CCN(C(=O)C(C)Sc2nc3cc(Cl)ccc3s2)CC1. The zero-order valence-corrected chi connectivity index (χ0v) is 15.1. The first-order valence-electron chi connectivity index (χ1n) is 7.54. The molecule has 1 atom stereocenters. The lowest BCUT2D eigenvalue weighted by atomic mass is 9.99. The number of thiazole rings is 1. The van der Waals surface area contributed by atoms with Crippen LogP contribution in [-0.2, 0) is 4.79 Å². The Morgan fingerprint density at radius 2 is 2.18 bits per heavy atom. The van der Waals surface area contributed by atoms with Crippen LogP contribution in [0.5, 0.6) is 0 Å². The van der Waals surface area contributed by atoms with Crippen molar-refractivity contribution in [3.05, 3.63) is 23.2 Å². The lowest BCUT2D eigenvalue weighted by Gasteiger charge is -2.31. The average molecular weight is 355 g/mol. The number of rotatable bonds is 3. The number of thioether (sulfide) groups is 1. The molecule has 1 aromatic carbocycles. The maximum atomic E-state index is 12.5. The van der Waals surface area contributed by atoms with E-state index >= 15 is 0 Å². The highest BCUT2D eigenvalue weighted by Crippen LogP contribution is 2.34. The molecule has 0 spiro atoms. The number of carbonyl (C=O) groups is 1. The van der Waals surface area contributed by atoms with Crippen LogP contribution in [0.2, 0.25) is 5.02 Å². The van der Waals surface area contributed by atoms with Gasteiger partial charge in [0.05, 0.1) is 15.5 Å². The number of amides is 1. The molecule has 0 N–H and O–H groups in total. The molecule has 1 aliphatic heterocycles. The van der Waals surface area contributed by atoms with Gasteiger partial charge < -0.3 is 4.90 Å². The van der Waals surface area contributed by atoms with Gasteiger partial charge in [0.2, 0.25) is 5.91 Å². The third-order valence-electron chi connectivity index (χ3n) is 4.05. The smallest absolute Gasteiger partial charge is 0.235 e. The van der Waals surface area contributed by atoms with E-state index in [1.807, 2.05) is 30.0 Å². The number of halogens is 1. The molecule has 1 unspecified atom stereocenters. The van der Waals surface area contributed by atoms with Gasteiger partial charge in [0, 0.05) is 18.1 Å². The van der Waals surface area contributed by atoms with Gasteiger partial charge in [0.25, 0.3) is 0 Å². The molecule has 3 nitrogen and oxygen atoms in total. The van der Waals surface area contributed by atoms with E-state index < -0.39 is 0 Å². The number of hydrogen-bond acceptors (Lipinski definition) is 4. The second kappa shape index (κ2) is 6.77. The fourth-order valence-corrected chi connectivity index (χ4v) is 5.06. The Kier molecular flexibility index (Phi) is 4.95. The standard InChI is InChI=1S/C16H19ClN2OS2/c1-10-5-7-19(8-6-10)15(20)11(2)21-16-18-13-9-12(17)3-4-14(13)22-16/h3-4,9-11H,5-8H2,1-2H3. The highest BCUT2D eigenvalue weighted by atomic mass is 35.5. The topological polar surface area (TPSA) is 33.2 Å². The predicted molar refractivity (Wildman–Crippen MR) is 94.9 cm³/mol. The summed E-state index contributed by atoms with van der Waals surface area (Å²) < 4.78 is 2.04. The van der Waals surface area contributed by atoms with Crippen molar-refractivity contribution in [2.45, 2.75) is 36.3 Å². The zero-order valence-electron chi connectivity index (χ0n) is 12.7. The lowest BCUT2D eigenvalue weighted by molar-refractivity contribution is -0.131. The zero-order chi connectivity index (χ0) is 15.7. The molecule has 2 heterocycles. The van der Waals surface area contributed by atoms with Crippen molar-refractivity contribution in [1.82, 2.24) is 9.88 Å². The Balaban J connectivity index is 1.67. The van der Waals surface area contributed by atoms with Gasteiger partial charge in [-0.3, -0.25) is 4.79 Å². The van der Waals surface area contributed by atoms with Gasteiger partial charge in [0.15, 0.2) is 4.34 Å². The molecule has 1 aliphatic rings. The number of hydrogen-bond donors (Lipinski definition) is 0. The fraction of sp³-hybridized carbons (Fsp3) is 0.500. The van der Waals surface area contributed by atoms with Gasteiger partial charge in [0.1, 0.15) is 0 Å². The van der Waals surface area contributed by atoms with E-state index in [-0.39, 0.29) is 11.2 Å². The maximum Gasteiger partial charge on any atom is 0.235 e. The highest BCUT2D eigenvalue weighted by molar-refractivity contribution is 8.02. The van der Waals surface area contributed by atoms with Crippen LogP contribution in [0.15, 0.2) is 22.5 Å². The quantitative estimate of drug-likeness (QED) is 0.750. The van der Waals surface area contributed by atoms with Crippen molar-refractivity contribution in [1.29, 1.82) is 0 Å². The summed E-state index contributed by atoms with van der Waals surface area (Å²) >= 11 is 9.17. The van der Waals surface area contributed by atoms with Gasteiger partial charge in [-0.05, 0) is 43.9 Å². The van der Waals surface area contributed by atoms with Gasteiger partial charge in [-0.2, -0.15) is 0 Å². The highest BCUT2D eigenvalue weighted by Gasteiger charge is 2.25. The molecular weight excluding hydrogens is 336 g/mol. The summed E-state index contributed by atoms with van der Waals surface area (Å²) in [4.78, 5) is 19.1. The first-order chi connectivity index (χ1) is 10.5. The first kappa shape index (κ1) is 16.1. The summed E-state index contributed by atoms with van der Waals surface area (Å²) in [6.07, 6.45) is 2.23. The van der Waals surface area contributed by atoms with Crippen LogP contribution < -0.4 is 0 Å². The molecule has 0 saturated carbocycles.